The van der Waals surface area contributed by atoms with E-state index in [2.05, 4.69) is 6.07 Å². The van der Waals surface area contributed by atoms with Gasteiger partial charge in [0.15, 0.2) is 0 Å². The molecule has 1 rings (SSSR count). The van der Waals surface area contributed by atoms with Crippen LogP contribution >= 0.6 is 0 Å². The van der Waals surface area contributed by atoms with Gasteiger partial charge in [0.25, 0.3) is 0 Å². The molecule has 0 bridgehead atoms. The lowest BCUT2D eigenvalue weighted by Gasteiger charge is -2.12. The molecule has 1 aromatic rings. The number of methoxy groups -OCH3 is 2. The number of rotatable bonds is 6. The van der Waals surface area contributed by atoms with Crippen LogP contribution in [0.25, 0.3) is 0 Å². The van der Waals surface area contributed by atoms with Crippen LogP contribution in [0.3, 0.4) is 0 Å². The lowest BCUT2D eigenvalue weighted by atomic mass is 10.0. The number of ether oxygens (including phenoxy) is 2. The van der Waals surface area contributed by atoms with Gasteiger partial charge >= 0.3 is 0 Å². The van der Waals surface area contributed by atoms with Crippen LogP contribution in [0.15, 0.2) is 12.1 Å². The van der Waals surface area contributed by atoms with E-state index in [-0.39, 0.29) is 0 Å². The minimum atomic E-state index is 0.747. The SMILES string of the molecule is COc1cc(OC)c(CCCCN)cc1C. The molecule has 0 aliphatic rings. The molecule has 0 aliphatic carbocycles. The average molecular weight is 223 g/mol. The standard InChI is InChI=1S/C13H21NO2/c1-10-8-11(6-4-5-7-14)13(16-3)9-12(10)15-2/h8-9H,4-7,14H2,1-3H3. The Morgan fingerprint density at radius 3 is 2.31 bits per heavy atom. The molecule has 0 radical (unpaired) electrons. The number of aryl methyl sites for hydroxylation is 2. The van der Waals surface area contributed by atoms with Crippen LogP contribution in [0.5, 0.6) is 11.5 Å². The molecule has 3 heteroatoms. The zero-order valence-corrected chi connectivity index (χ0v) is 10.4. The van der Waals surface area contributed by atoms with Crippen molar-refractivity contribution in [3.63, 3.8) is 0 Å². The highest BCUT2D eigenvalue weighted by molar-refractivity contribution is 5.46. The van der Waals surface area contributed by atoms with Gasteiger partial charge in [0, 0.05) is 6.07 Å². The summed E-state index contributed by atoms with van der Waals surface area (Å²) in [5.74, 6) is 1.78. The van der Waals surface area contributed by atoms with Crippen molar-refractivity contribution in [1.29, 1.82) is 0 Å². The maximum Gasteiger partial charge on any atom is 0.125 e. The smallest absolute Gasteiger partial charge is 0.125 e. The van der Waals surface area contributed by atoms with E-state index in [9.17, 15) is 0 Å². The second kappa shape index (κ2) is 6.38. The molecule has 16 heavy (non-hydrogen) atoms. The molecule has 0 fully saturated rings. The van der Waals surface area contributed by atoms with Crippen molar-refractivity contribution in [2.75, 3.05) is 20.8 Å². The summed E-state index contributed by atoms with van der Waals surface area (Å²) >= 11 is 0. The summed E-state index contributed by atoms with van der Waals surface area (Å²) in [5.41, 5.74) is 7.86. The van der Waals surface area contributed by atoms with Crippen LogP contribution in [-0.2, 0) is 6.42 Å². The second-order valence-corrected chi connectivity index (χ2v) is 3.88. The molecule has 2 N–H and O–H groups in total. The van der Waals surface area contributed by atoms with Crippen LogP contribution in [0, 0.1) is 6.92 Å². The summed E-state index contributed by atoms with van der Waals surface area (Å²) in [6, 6.07) is 4.08. The number of hydrogen-bond acceptors (Lipinski definition) is 3. The molecule has 90 valence electrons. The molecule has 0 atom stereocenters. The molecule has 1 aromatic carbocycles. The van der Waals surface area contributed by atoms with Crippen molar-refractivity contribution >= 4 is 0 Å². The number of hydrogen-bond donors (Lipinski definition) is 1. The fraction of sp³-hybridized carbons (Fsp3) is 0.538. The number of unbranched alkanes of at least 4 members (excludes halogenated alkanes) is 1. The zero-order chi connectivity index (χ0) is 12.0. The topological polar surface area (TPSA) is 44.5 Å². The van der Waals surface area contributed by atoms with E-state index >= 15 is 0 Å². The van der Waals surface area contributed by atoms with Crippen molar-refractivity contribution in [3.05, 3.63) is 23.3 Å². The number of nitrogens with two attached hydrogens (primary N) is 1. The van der Waals surface area contributed by atoms with Crippen molar-refractivity contribution in [2.24, 2.45) is 5.73 Å². The van der Waals surface area contributed by atoms with Crippen molar-refractivity contribution in [2.45, 2.75) is 26.2 Å². The van der Waals surface area contributed by atoms with Gasteiger partial charge < -0.3 is 15.2 Å². The third-order valence-electron chi connectivity index (χ3n) is 2.70. The second-order valence-electron chi connectivity index (χ2n) is 3.88. The average Bonchev–Trinajstić information content (AvgIpc) is 2.30. The van der Waals surface area contributed by atoms with E-state index in [1.807, 2.05) is 13.0 Å². The van der Waals surface area contributed by atoms with E-state index in [4.69, 9.17) is 15.2 Å². The first kappa shape index (κ1) is 12.8. The third-order valence-corrected chi connectivity index (χ3v) is 2.70. The maximum absolute atomic E-state index is 5.49. The Morgan fingerprint density at radius 1 is 1.06 bits per heavy atom. The maximum atomic E-state index is 5.49. The summed E-state index contributed by atoms with van der Waals surface area (Å²) in [6.07, 6.45) is 3.15. The Bertz CT molecular complexity index is 337. The Kier molecular flexibility index (Phi) is 5.12. The largest absolute Gasteiger partial charge is 0.496 e. The third kappa shape index (κ3) is 3.14. The zero-order valence-electron chi connectivity index (χ0n) is 10.4. The molecule has 0 aliphatic heterocycles. The Labute approximate surface area is 97.6 Å². The van der Waals surface area contributed by atoms with Crippen LogP contribution in [0.4, 0.5) is 0 Å². The minimum Gasteiger partial charge on any atom is -0.496 e. The number of benzene rings is 1. The fourth-order valence-corrected chi connectivity index (χ4v) is 1.79. The van der Waals surface area contributed by atoms with Crippen LogP contribution in [-0.4, -0.2) is 20.8 Å². The fourth-order valence-electron chi connectivity index (χ4n) is 1.79. The Hall–Kier alpha value is -1.22. The predicted molar refractivity (Wildman–Crippen MR) is 66.3 cm³/mol. The molecule has 0 saturated carbocycles. The quantitative estimate of drug-likeness (QED) is 0.753. The van der Waals surface area contributed by atoms with Crippen molar-refractivity contribution in [3.8, 4) is 11.5 Å². The van der Waals surface area contributed by atoms with Crippen LogP contribution in [0.2, 0.25) is 0 Å². The monoisotopic (exact) mass is 223 g/mol. The normalized spacial score (nSPS) is 10.2. The van der Waals surface area contributed by atoms with Gasteiger partial charge in [-0.05, 0) is 49.9 Å². The molecule has 0 heterocycles. The molecule has 0 unspecified atom stereocenters. The Morgan fingerprint density at radius 2 is 1.75 bits per heavy atom. The van der Waals surface area contributed by atoms with Crippen molar-refractivity contribution in [1.82, 2.24) is 0 Å². The van der Waals surface area contributed by atoms with Crippen LogP contribution < -0.4 is 15.2 Å². The summed E-state index contributed by atoms with van der Waals surface area (Å²) in [5, 5.41) is 0. The van der Waals surface area contributed by atoms with E-state index < -0.39 is 0 Å². The lowest BCUT2D eigenvalue weighted by Crippen LogP contribution is -2.00. The minimum absolute atomic E-state index is 0.747. The van der Waals surface area contributed by atoms with Gasteiger partial charge in [-0.1, -0.05) is 0 Å². The highest BCUT2D eigenvalue weighted by Gasteiger charge is 2.07. The Balaban J connectivity index is 2.85. The van der Waals surface area contributed by atoms with E-state index in [0.717, 1.165) is 42.9 Å². The molecular formula is C13H21NO2. The first-order chi connectivity index (χ1) is 7.72. The molecular weight excluding hydrogens is 202 g/mol. The molecule has 3 nitrogen and oxygen atoms in total. The van der Waals surface area contributed by atoms with Gasteiger partial charge in [0.2, 0.25) is 0 Å². The van der Waals surface area contributed by atoms with Gasteiger partial charge in [-0.15, -0.1) is 0 Å². The van der Waals surface area contributed by atoms with Gasteiger partial charge in [-0.3, -0.25) is 0 Å². The molecule has 0 spiro atoms. The van der Waals surface area contributed by atoms with Gasteiger partial charge in [-0.2, -0.15) is 0 Å². The highest BCUT2D eigenvalue weighted by atomic mass is 16.5. The first-order valence-electron chi connectivity index (χ1n) is 5.64. The van der Waals surface area contributed by atoms with Crippen molar-refractivity contribution < 1.29 is 9.47 Å². The van der Waals surface area contributed by atoms with E-state index in [0.29, 0.717) is 0 Å². The molecule has 0 saturated heterocycles. The van der Waals surface area contributed by atoms with Crippen LogP contribution in [0.1, 0.15) is 24.0 Å². The van der Waals surface area contributed by atoms with E-state index in [1.165, 1.54) is 5.56 Å². The predicted octanol–water partition coefficient (Wildman–Crippen LogP) is 2.29. The molecule has 0 amide bonds. The summed E-state index contributed by atoms with van der Waals surface area (Å²) in [7, 11) is 3.37. The summed E-state index contributed by atoms with van der Waals surface area (Å²) in [4.78, 5) is 0. The van der Waals surface area contributed by atoms with Gasteiger partial charge in [-0.25, -0.2) is 0 Å². The van der Waals surface area contributed by atoms with Gasteiger partial charge in [0.1, 0.15) is 11.5 Å². The summed E-state index contributed by atoms with van der Waals surface area (Å²) in [6.45, 7) is 2.79. The summed E-state index contributed by atoms with van der Waals surface area (Å²) < 4.78 is 10.6. The molecule has 0 aromatic heterocycles. The van der Waals surface area contributed by atoms with Gasteiger partial charge in [0.05, 0.1) is 14.2 Å². The lowest BCUT2D eigenvalue weighted by molar-refractivity contribution is 0.388. The highest BCUT2D eigenvalue weighted by Crippen LogP contribution is 2.29. The first-order valence-corrected chi connectivity index (χ1v) is 5.64. The van der Waals surface area contributed by atoms with E-state index in [1.54, 1.807) is 14.2 Å².